The van der Waals surface area contributed by atoms with Crippen molar-refractivity contribution in [3.8, 4) is 0 Å². The third-order valence-corrected chi connectivity index (χ3v) is 4.73. The molecule has 0 atom stereocenters. The highest BCUT2D eigenvalue weighted by molar-refractivity contribution is 6.06. The van der Waals surface area contributed by atoms with Gasteiger partial charge in [-0.25, -0.2) is 10.1 Å². The number of carbonyl (C=O) groups is 2. The zero-order valence-electron chi connectivity index (χ0n) is 17.8. The molecule has 0 unspecified atom stereocenters. The molecule has 0 saturated carbocycles. The monoisotopic (exact) mass is 419 g/mol. The van der Waals surface area contributed by atoms with E-state index >= 15 is 0 Å². The number of hydrogen-bond donors (Lipinski definition) is 2. The van der Waals surface area contributed by atoms with Crippen molar-refractivity contribution in [2.45, 2.75) is 40.2 Å². The number of nitrogens with zero attached hydrogens (tertiary/aromatic N) is 3. The van der Waals surface area contributed by atoms with Crippen LogP contribution >= 0.6 is 0 Å². The lowest BCUT2D eigenvalue weighted by atomic mass is 10.1. The molecule has 1 aromatic heterocycles. The molecule has 0 aliphatic rings. The van der Waals surface area contributed by atoms with Gasteiger partial charge in [-0.15, -0.1) is 0 Å². The minimum Gasteiger partial charge on any atom is -0.326 e. The molecule has 0 radical (unpaired) electrons. The summed E-state index contributed by atoms with van der Waals surface area (Å²) in [5, 5.41) is 12.1. The Bertz CT molecular complexity index is 1210. The highest BCUT2D eigenvalue weighted by atomic mass is 16.2. The van der Waals surface area contributed by atoms with Crippen molar-refractivity contribution >= 4 is 34.0 Å². The average Bonchev–Trinajstić information content (AvgIpc) is 2.76. The zero-order valence-corrected chi connectivity index (χ0v) is 17.8. The average molecular weight is 419 g/mol. The number of unbranched alkanes of at least 4 members (excludes halogenated alkanes) is 1. The maximum atomic E-state index is 12.9. The van der Waals surface area contributed by atoms with E-state index in [2.05, 4.69) is 20.9 Å². The molecule has 0 bridgehead atoms. The number of fused-ring (bicyclic) bond motifs is 1. The van der Waals surface area contributed by atoms with Crippen molar-refractivity contribution in [1.82, 2.24) is 15.2 Å². The van der Waals surface area contributed by atoms with E-state index in [0.717, 1.165) is 18.4 Å². The molecule has 2 amide bonds. The normalized spacial score (nSPS) is 11.4. The Morgan fingerprint density at radius 1 is 1.06 bits per heavy atom. The number of rotatable bonds is 7. The Morgan fingerprint density at radius 2 is 1.81 bits per heavy atom. The molecular formula is C23H25N5O3. The first kappa shape index (κ1) is 21.9. The van der Waals surface area contributed by atoms with Gasteiger partial charge in [0.2, 0.25) is 5.91 Å². The Kier molecular flexibility index (Phi) is 6.92. The van der Waals surface area contributed by atoms with Crippen LogP contribution in [0.15, 0.2) is 58.4 Å². The van der Waals surface area contributed by atoms with Crippen LogP contribution in [0.3, 0.4) is 0 Å². The maximum Gasteiger partial charge on any atom is 0.292 e. The molecule has 160 valence electrons. The molecular weight excluding hydrogens is 394 g/mol. The van der Waals surface area contributed by atoms with E-state index in [9.17, 15) is 14.4 Å². The van der Waals surface area contributed by atoms with Crippen LogP contribution in [-0.2, 0) is 11.3 Å². The van der Waals surface area contributed by atoms with Crippen LogP contribution in [0.4, 0.5) is 5.69 Å². The van der Waals surface area contributed by atoms with Crippen LogP contribution in [0.1, 0.15) is 49.7 Å². The second kappa shape index (κ2) is 9.80. The highest BCUT2D eigenvalue weighted by Gasteiger charge is 2.16. The number of benzene rings is 2. The van der Waals surface area contributed by atoms with Gasteiger partial charge >= 0.3 is 0 Å². The van der Waals surface area contributed by atoms with E-state index in [1.54, 1.807) is 49.4 Å². The number of anilines is 1. The largest absolute Gasteiger partial charge is 0.326 e. The predicted octanol–water partition coefficient (Wildman–Crippen LogP) is 3.31. The van der Waals surface area contributed by atoms with Gasteiger partial charge in [-0.3, -0.25) is 14.4 Å². The van der Waals surface area contributed by atoms with Crippen molar-refractivity contribution in [3.05, 3.63) is 70.1 Å². The quantitative estimate of drug-likeness (QED) is 0.453. The van der Waals surface area contributed by atoms with Crippen LogP contribution in [0, 0.1) is 0 Å². The molecule has 2 aromatic carbocycles. The summed E-state index contributed by atoms with van der Waals surface area (Å²) in [7, 11) is 0. The number of nitrogens with one attached hydrogen (secondary N) is 2. The summed E-state index contributed by atoms with van der Waals surface area (Å²) >= 11 is 0. The van der Waals surface area contributed by atoms with E-state index < -0.39 is 5.91 Å². The summed E-state index contributed by atoms with van der Waals surface area (Å²) < 4.78 is 1.34. The zero-order chi connectivity index (χ0) is 22.4. The van der Waals surface area contributed by atoms with E-state index in [-0.39, 0.29) is 17.2 Å². The molecule has 0 saturated heterocycles. The van der Waals surface area contributed by atoms with Crippen LogP contribution in [0.5, 0.6) is 0 Å². The van der Waals surface area contributed by atoms with Crippen molar-refractivity contribution in [2.24, 2.45) is 5.10 Å². The number of amides is 2. The minimum absolute atomic E-state index is 0.148. The molecule has 8 nitrogen and oxygen atoms in total. The smallest absolute Gasteiger partial charge is 0.292 e. The third kappa shape index (κ3) is 5.22. The maximum absolute atomic E-state index is 12.9. The molecule has 8 heteroatoms. The Hall–Kier alpha value is -3.81. The molecule has 3 rings (SSSR count). The molecule has 0 spiro atoms. The lowest BCUT2D eigenvalue weighted by Crippen LogP contribution is -2.29. The van der Waals surface area contributed by atoms with Crippen LogP contribution < -0.4 is 16.3 Å². The molecule has 31 heavy (non-hydrogen) atoms. The lowest BCUT2D eigenvalue weighted by Gasteiger charge is -2.10. The third-order valence-electron chi connectivity index (χ3n) is 4.73. The summed E-state index contributed by atoms with van der Waals surface area (Å²) in [6.07, 6.45) is 1.69. The van der Waals surface area contributed by atoms with Gasteiger partial charge < -0.3 is 5.32 Å². The van der Waals surface area contributed by atoms with E-state index in [1.807, 2.05) is 13.0 Å². The minimum atomic E-state index is -0.501. The van der Waals surface area contributed by atoms with Crippen molar-refractivity contribution in [3.63, 3.8) is 0 Å². The van der Waals surface area contributed by atoms with E-state index in [1.165, 1.54) is 11.6 Å². The molecule has 1 heterocycles. The fourth-order valence-corrected chi connectivity index (χ4v) is 3.14. The second-order valence-electron chi connectivity index (χ2n) is 7.18. The molecule has 0 aliphatic heterocycles. The number of carbonyl (C=O) groups excluding carboxylic acids is 2. The summed E-state index contributed by atoms with van der Waals surface area (Å²) in [5.41, 5.74) is 4.42. The Morgan fingerprint density at radius 3 is 2.52 bits per heavy atom. The molecule has 0 fully saturated rings. The number of aryl methyl sites for hydroxylation is 1. The van der Waals surface area contributed by atoms with Crippen LogP contribution in [0.25, 0.3) is 10.8 Å². The first-order valence-corrected chi connectivity index (χ1v) is 10.1. The van der Waals surface area contributed by atoms with Crippen molar-refractivity contribution < 1.29 is 9.59 Å². The predicted molar refractivity (Wildman–Crippen MR) is 121 cm³/mol. The van der Waals surface area contributed by atoms with Gasteiger partial charge in [-0.2, -0.15) is 10.2 Å². The SMILES string of the molecule is CCCCn1nc(C(=O)N/N=C(/C)c2cccc(NC(C)=O)c2)c2ccccc2c1=O. The van der Waals surface area contributed by atoms with Gasteiger partial charge in [0.1, 0.15) is 0 Å². The topological polar surface area (TPSA) is 105 Å². The summed E-state index contributed by atoms with van der Waals surface area (Å²) in [4.78, 5) is 36.8. The van der Waals surface area contributed by atoms with E-state index in [0.29, 0.717) is 28.7 Å². The van der Waals surface area contributed by atoms with Gasteiger partial charge in [0.05, 0.1) is 11.1 Å². The van der Waals surface area contributed by atoms with Gasteiger partial charge in [-0.1, -0.05) is 43.7 Å². The lowest BCUT2D eigenvalue weighted by molar-refractivity contribution is -0.114. The first-order valence-electron chi connectivity index (χ1n) is 10.1. The van der Waals surface area contributed by atoms with Gasteiger partial charge in [0.25, 0.3) is 11.5 Å². The van der Waals surface area contributed by atoms with Gasteiger partial charge in [0.15, 0.2) is 5.69 Å². The first-order chi connectivity index (χ1) is 14.9. The summed E-state index contributed by atoms with van der Waals surface area (Å²) in [6, 6.07) is 14.1. The molecule has 0 aliphatic carbocycles. The molecule has 2 N–H and O–H groups in total. The fourth-order valence-electron chi connectivity index (χ4n) is 3.14. The van der Waals surface area contributed by atoms with Crippen molar-refractivity contribution in [2.75, 3.05) is 5.32 Å². The fraction of sp³-hybridized carbons (Fsp3) is 0.261. The summed E-state index contributed by atoms with van der Waals surface area (Å²) in [6.45, 7) is 5.66. The van der Waals surface area contributed by atoms with Crippen molar-refractivity contribution in [1.29, 1.82) is 0 Å². The number of hydrazone groups is 1. The number of hydrogen-bond acceptors (Lipinski definition) is 5. The Labute approximate surface area is 180 Å². The molecule has 3 aromatic rings. The van der Waals surface area contributed by atoms with Crippen LogP contribution in [-0.4, -0.2) is 27.3 Å². The second-order valence-corrected chi connectivity index (χ2v) is 7.18. The summed E-state index contributed by atoms with van der Waals surface area (Å²) in [5.74, 6) is -0.671. The number of aromatic nitrogens is 2. The van der Waals surface area contributed by atoms with Gasteiger partial charge in [-0.05, 0) is 37.1 Å². The Balaban J connectivity index is 1.90. The van der Waals surface area contributed by atoms with Crippen LogP contribution in [0.2, 0.25) is 0 Å². The standard InChI is InChI=1S/C23H25N5O3/c1-4-5-13-28-23(31)20-12-7-6-11-19(20)21(27-28)22(30)26-25-15(2)17-9-8-10-18(14-17)24-16(3)29/h6-12,14H,4-5,13H2,1-3H3,(H,24,29)(H,26,30)/b25-15-. The van der Waals surface area contributed by atoms with E-state index in [4.69, 9.17) is 0 Å². The highest BCUT2D eigenvalue weighted by Crippen LogP contribution is 2.14. The van der Waals surface area contributed by atoms with Gasteiger partial charge in [0, 0.05) is 24.5 Å².